The molecule has 1 saturated carbocycles. The van der Waals surface area contributed by atoms with Gasteiger partial charge in [0.2, 0.25) is 16.0 Å². The molecule has 0 amide bonds. The van der Waals surface area contributed by atoms with Crippen LogP contribution in [0.5, 0.6) is 0 Å². The largest absolute Gasteiger partial charge is 0.396 e. The van der Waals surface area contributed by atoms with Crippen molar-refractivity contribution >= 4 is 43.3 Å². The summed E-state index contributed by atoms with van der Waals surface area (Å²) in [6.07, 6.45) is -0.243. The SMILES string of the molecule is CS(=O)(=O)N1CCCN(c2nc(N[C@@H]3C[C@H](CO)[C@@H](O)[C@H]3O)c(-c3nc4ccccc4s3)c(=O)[nH]2)CC1. The molecule has 2 fully saturated rings. The summed E-state index contributed by atoms with van der Waals surface area (Å²) in [5, 5.41) is 34.1. The molecular weight excluding hydrogens is 520 g/mol. The van der Waals surface area contributed by atoms with E-state index in [-0.39, 0.29) is 36.9 Å². The van der Waals surface area contributed by atoms with Crippen LogP contribution in [-0.2, 0) is 10.0 Å². The predicted octanol–water partition coefficient (Wildman–Crippen LogP) is 0.0328. The molecule has 2 aromatic heterocycles. The van der Waals surface area contributed by atoms with Gasteiger partial charge in [-0.25, -0.2) is 17.7 Å². The number of aromatic nitrogens is 3. The number of thiazole rings is 1. The Kier molecular flexibility index (Phi) is 7.22. The normalized spacial score (nSPS) is 25.5. The third-order valence-electron chi connectivity index (χ3n) is 7.00. The van der Waals surface area contributed by atoms with E-state index >= 15 is 0 Å². The number of rotatable bonds is 6. The molecule has 0 spiro atoms. The maximum absolute atomic E-state index is 13.5. The summed E-state index contributed by atoms with van der Waals surface area (Å²) in [6, 6.07) is 6.87. The van der Waals surface area contributed by atoms with Crippen molar-refractivity contribution in [2.24, 2.45) is 5.92 Å². The van der Waals surface area contributed by atoms with Gasteiger partial charge in [-0.2, -0.15) is 4.98 Å². The van der Waals surface area contributed by atoms with Crippen LogP contribution in [0.3, 0.4) is 0 Å². The molecule has 12 nitrogen and oxygen atoms in total. The van der Waals surface area contributed by atoms with E-state index in [1.54, 1.807) is 0 Å². The molecule has 5 rings (SSSR count). The van der Waals surface area contributed by atoms with Crippen LogP contribution in [-0.4, -0.2) is 100 Å². The van der Waals surface area contributed by atoms with Gasteiger partial charge in [0.1, 0.15) is 22.5 Å². The van der Waals surface area contributed by atoms with Crippen molar-refractivity contribution in [2.45, 2.75) is 31.1 Å². The van der Waals surface area contributed by atoms with Gasteiger partial charge in [0.15, 0.2) is 0 Å². The van der Waals surface area contributed by atoms with Crippen LogP contribution >= 0.6 is 11.3 Å². The zero-order valence-corrected chi connectivity index (χ0v) is 21.9. The highest BCUT2D eigenvalue weighted by Crippen LogP contribution is 2.35. The van der Waals surface area contributed by atoms with E-state index in [2.05, 4.69) is 15.3 Å². The maximum atomic E-state index is 13.5. The molecule has 2 aliphatic rings. The van der Waals surface area contributed by atoms with Gasteiger partial charge in [-0.3, -0.25) is 9.78 Å². The second-order valence-corrected chi connectivity index (χ2v) is 12.5. The summed E-state index contributed by atoms with van der Waals surface area (Å²) in [6.45, 7) is 1.19. The summed E-state index contributed by atoms with van der Waals surface area (Å²) >= 11 is 1.34. The van der Waals surface area contributed by atoms with Crippen LogP contribution in [0, 0.1) is 5.92 Å². The van der Waals surface area contributed by atoms with Gasteiger partial charge >= 0.3 is 0 Å². The monoisotopic (exact) mass is 550 g/mol. The van der Waals surface area contributed by atoms with Gasteiger partial charge in [-0.05, 0) is 25.0 Å². The Morgan fingerprint density at radius 2 is 1.92 bits per heavy atom. The molecule has 0 bridgehead atoms. The zero-order chi connectivity index (χ0) is 26.3. The van der Waals surface area contributed by atoms with E-state index in [0.29, 0.717) is 31.1 Å². The van der Waals surface area contributed by atoms with Crippen molar-refractivity contribution in [1.29, 1.82) is 0 Å². The van der Waals surface area contributed by atoms with Crippen LogP contribution in [0.15, 0.2) is 29.1 Å². The number of aromatic amines is 1. The quantitative estimate of drug-likeness (QED) is 0.282. The first-order valence-electron chi connectivity index (χ1n) is 12.1. The van der Waals surface area contributed by atoms with Crippen molar-refractivity contribution in [3.63, 3.8) is 0 Å². The van der Waals surface area contributed by atoms with Gasteiger partial charge < -0.3 is 25.5 Å². The first kappa shape index (κ1) is 26.0. The number of hydrogen-bond donors (Lipinski definition) is 5. The van der Waals surface area contributed by atoms with E-state index in [1.807, 2.05) is 29.2 Å². The lowest BCUT2D eigenvalue weighted by Crippen LogP contribution is -2.37. The van der Waals surface area contributed by atoms with Crippen molar-refractivity contribution in [2.75, 3.05) is 49.3 Å². The first-order chi connectivity index (χ1) is 17.7. The molecule has 3 heterocycles. The highest BCUT2D eigenvalue weighted by Gasteiger charge is 2.41. The first-order valence-corrected chi connectivity index (χ1v) is 14.8. The van der Waals surface area contributed by atoms with Crippen LogP contribution in [0.2, 0.25) is 0 Å². The number of benzene rings is 1. The lowest BCUT2D eigenvalue weighted by Gasteiger charge is -2.24. The number of aliphatic hydroxyl groups is 3. The fourth-order valence-corrected chi connectivity index (χ4v) is 6.84. The van der Waals surface area contributed by atoms with Crippen LogP contribution in [0.1, 0.15) is 12.8 Å². The van der Waals surface area contributed by atoms with E-state index in [9.17, 15) is 28.5 Å². The van der Waals surface area contributed by atoms with Crippen molar-refractivity contribution < 1.29 is 23.7 Å². The molecule has 1 aliphatic carbocycles. The van der Waals surface area contributed by atoms with Crippen molar-refractivity contribution in [3.05, 3.63) is 34.6 Å². The number of sulfonamides is 1. The lowest BCUT2D eigenvalue weighted by molar-refractivity contribution is 0.00446. The molecule has 0 radical (unpaired) electrons. The predicted molar refractivity (Wildman–Crippen MR) is 141 cm³/mol. The molecule has 1 saturated heterocycles. The van der Waals surface area contributed by atoms with Gasteiger partial charge in [0, 0.05) is 38.7 Å². The maximum Gasteiger partial charge on any atom is 0.264 e. The minimum Gasteiger partial charge on any atom is -0.396 e. The fraction of sp³-hybridized carbons (Fsp3) is 0.522. The fourth-order valence-electron chi connectivity index (χ4n) is 4.95. The highest BCUT2D eigenvalue weighted by molar-refractivity contribution is 7.88. The Morgan fingerprint density at radius 3 is 2.62 bits per heavy atom. The molecule has 0 unspecified atom stereocenters. The Morgan fingerprint density at radius 1 is 1.14 bits per heavy atom. The van der Waals surface area contributed by atoms with Crippen molar-refractivity contribution in [1.82, 2.24) is 19.3 Å². The molecule has 3 aromatic rings. The summed E-state index contributed by atoms with van der Waals surface area (Å²) in [4.78, 5) is 27.5. The average molecular weight is 551 g/mol. The minimum atomic E-state index is -3.34. The smallest absolute Gasteiger partial charge is 0.264 e. The van der Waals surface area contributed by atoms with E-state index in [4.69, 9.17) is 4.98 Å². The van der Waals surface area contributed by atoms with Gasteiger partial charge in [-0.15, -0.1) is 11.3 Å². The number of para-hydroxylation sites is 1. The van der Waals surface area contributed by atoms with E-state index in [0.717, 1.165) is 10.2 Å². The molecule has 37 heavy (non-hydrogen) atoms. The van der Waals surface area contributed by atoms with Crippen LogP contribution < -0.4 is 15.8 Å². The summed E-state index contributed by atoms with van der Waals surface area (Å²) in [5.41, 5.74) is 0.524. The molecule has 1 aromatic carbocycles. The molecule has 200 valence electrons. The number of nitrogens with zero attached hydrogens (tertiary/aromatic N) is 4. The molecule has 1 aliphatic heterocycles. The Balaban J connectivity index is 1.54. The molecular formula is C23H30N6O6S2. The second kappa shape index (κ2) is 10.3. The molecule has 14 heteroatoms. The highest BCUT2D eigenvalue weighted by atomic mass is 32.2. The third-order valence-corrected chi connectivity index (χ3v) is 9.35. The summed E-state index contributed by atoms with van der Waals surface area (Å²) in [5.74, 6) is -0.0243. The molecule has 5 N–H and O–H groups in total. The minimum absolute atomic E-state index is 0.205. The van der Waals surface area contributed by atoms with Crippen molar-refractivity contribution in [3.8, 4) is 10.6 Å². The third kappa shape index (κ3) is 5.22. The Labute approximate surface area is 217 Å². The molecule has 4 atom stereocenters. The van der Waals surface area contributed by atoms with E-state index in [1.165, 1.54) is 21.9 Å². The second-order valence-electron chi connectivity index (χ2n) is 9.51. The number of aliphatic hydroxyl groups excluding tert-OH is 3. The number of anilines is 2. The standard InChI is InChI=1S/C23H30N6O6S2/c1-37(34,35)29-8-4-7-28(9-10-29)23-26-20(24-15-11-13(12-30)18(31)19(15)32)17(21(33)27-23)22-25-14-5-2-3-6-16(14)36-22/h2-3,5-6,13,15,18-19,30-32H,4,7-12H2,1H3,(H2,24,26,27,33)/t13-,15-,18-,19+/m1/s1. The lowest BCUT2D eigenvalue weighted by atomic mass is 10.1. The Hall–Kier alpha value is -2.62. The van der Waals surface area contributed by atoms with E-state index < -0.39 is 39.8 Å². The van der Waals surface area contributed by atoms with Gasteiger partial charge in [-0.1, -0.05) is 12.1 Å². The van der Waals surface area contributed by atoms with Gasteiger partial charge in [0.25, 0.3) is 5.56 Å². The van der Waals surface area contributed by atoms with Crippen LogP contribution in [0.25, 0.3) is 20.8 Å². The number of fused-ring (bicyclic) bond motifs is 1. The van der Waals surface area contributed by atoms with Gasteiger partial charge in [0.05, 0.1) is 28.6 Å². The summed E-state index contributed by atoms with van der Waals surface area (Å²) in [7, 11) is -3.34. The Bertz CT molecular complexity index is 1410. The topological polar surface area (TPSA) is 172 Å². The average Bonchev–Trinajstić information content (AvgIpc) is 3.26. The zero-order valence-electron chi connectivity index (χ0n) is 20.2. The number of nitrogens with one attached hydrogen (secondary N) is 2. The van der Waals surface area contributed by atoms with Crippen LogP contribution in [0.4, 0.5) is 11.8 Å². The number of hydrogen-bond acceptors (Lipinski definition) is 11. The number of H-pyrrole nitrogens is 1. The summed E-state index contributed by atoms with van der Waals surface area (Å²) < 4.78 is 26.4.